The minimum Gasteiger partial charge on any atom is -0.336 e. The lowest BCUT2D eigenvalue weighted by molar-refractivity contribution is -0.116. The molecular formula is C31H28FN7O3S. The van der Waals surface area contributed by atoms with E-state index in [-0.39, 0.29) is 18.1 Å². The number of aromatic amines is 2. The maximum atomic E-state index is 14.6. The van der Waals surface area contributed by atoms with Gasteiger partial charge in [-0.05, 0) is 60.4 Å². The summed E-state index contributed by atoms with van der Waals surface area (Å²) in [6, 6.07) is 15.7. The number of halogens is 1. The number of hydrogen-bond donors (Lipinski definition) is 3. The number of benzene rings is 2. The number of sulfone groups is 1. The first-order valence-electron chi connectivity index (χ1n) is 13.7. The molecule has 0 saturated heterocycles. The summed E-state index contributed by atoms with van der Waals surface area (Å²) in [6.45, 7) is 1.95. The Balaban J connectivity index is 1.37. The van der Waals surface area contributed by atoms with Crippen molar-refractivity contribution < 1.29 is 17.6 Å². The van der Waals surface area contributed by atoms with Gasteiger partial charge in [-0.2, -0.15) is 5.10 Å². The van der Waals surface area contributed by atoms with Gasteiger partial charge >= 0.3 is 0 Å². The Morgan fingerprint density at radius 2 is 1.84 bits per heavy atom. The number of carbonyl (C=O) groups is 1. The number of pyridine rings is 2. The zero-order valence-electron chi connectivity index (χ0n) is 23.5. The smallest absolute Gasteiger partial charge is 0.224 e. The van der Waals surface area contributed by atoms with E-state index in [1.54, 1.807) is 18.5 Å². The number of H-pyrrole nitrogens is 2. The zero-order chi connectivity index (χ0) is 30.1. The van der Waals surface area contributed by atoms with E-state index in [0.29, 0.717) is 62.6 Å². The Hall–Kier alpha value is -4.97. The number of fused-ring (bicyclic) bond motifs is 2. The fourth-order valence-electron chi connectivity index (χ4n) is 4.95. The largest absolute Gasteiger partial charge is 0.336 e. The van der Waals surface area contributed by atoms with Gasteiger partial charge in [0.25, 0.3) is 0 Å². The maximum absolute atomic E-state index is 14.6. The van der Waals surface area contributed by atoms with Crippen LogP contribution >= 0.6 is 0 Å². The lowest BCUT2D eigenvalue weighted by Crippen LogP contribution is -2.10. The van der Waals surface area contributed by atoms with E-state index in [4.69, 9.17) is 9.97 Å². The molecule has 0 spiro atoms. The summed E-state index contributed by atoms with van der Waals surface area (Å²) in [5.74, 6) is -0.116. The summed E-state index contributed by atoms with van der Waals surface area (Å²) in [7, 11) is -3.19. The molecule has 0 saturated carbocycles. The van der Waals surface area contributed by atoms with Crippen molar-refractivity contribution in [1.29, 1.82) is 0 Å². The molecule has 0 bridgehead atoms. The van der Waals surface area contributed by atoms with Crippen LogP contribution in [0.15, 0.2) is 67.0 Å². The van der Waals surface area contributed by atoms with Gasteiger partial charge in [0.05, 0.1) is 39.9 Å². The van der Waals surface area contributed by atoms with Crippen molar-refractivity contribution in [3.05, 3.63) is 78.4 Å². The van der Waals surface area contributed by atoms with Gasteiger partial charge in [-0.1, -0.05) is 25.1 Å². The monoisotopic (exact) mass is 597 g/mol. The number of hydrogen-bond acceptors (Lipinski definition) is 7. The molecule has 43 heavy (non-hydrogen) atoms. The van der Waals surface area contributed by atoms with E-state index < -0.39 is 15.7 Å². The van der Waals surface area contributed by atoms with Crippen LogP contribution in [0.2, 0.25) is 0 Å². The molecule has 0 aliphatic rings. The second-order valence-corrected chi connectivity index (χ2v) is 12.7. The number of rotatable bonds is 9. The molecule has 0 radical (unpaired) electrons. The van der Waals surface area contributed by atoms with E-state index in [0.717, 1.165) is 23.8 Å². The Kier molecular flexibility index (Phi) is 7.45. The molecule has 6 rings (SSSR count). The highest BCUT2D eigenvalue weighted by Gasteiger charge is 2.18. The quantitative estimate of drug-likeness (QED) is 0.194. The van der Waals surface area contributed by atoms with Crippen molar-refractivity contribution in [3.63, 3.8) is 0 Å². The Morgan fingerprint density at radius 1 is 0.977 bits per heavy atom. The molecule has 2 aromatic carbocycles. The first-order valence-corrected chi connectivity index (χ1v) is 15.8. The van der Waals surface area contributed by atoms with Crippen molar-refractivity contribution >= 4 is 43.5 Å². The van der Waals surface area contributed by atoms with E-state index >= 15 is 0 Å². The third-order valence-corrected chi connectivity index (χ3v) is 7.92. The molecule has 0 aliphatic heterocycles. The van der Waals surface area contributed by atoms with Crippen molar-refractivity contribution in [2.45, 2.75) is 26.2 Å². The summed E-state index contributed by atoms with van der Waals surface area (Å²) in [4.78, 5) is 29.3. The molecule has 0 atom stereocenters. The molecular weight excluding hydrogens is 569 g/mol. The van der Waals surface area contributed by atoms with Crippen molar-refractivity contribution in [2.75, 3.05) is 17.3 Å². The number of anilines is 1. The summed E-state index contributed by atoms with van der Waals surface area (Å²) in [5, 5.41) is 10.3. The van der Waals surface area contributed by atoms with Gasteiger partial charge in [-0.25, -0.2) is 22.8 Å². The van der Waals surface area contributed by atoms with Crippen LogP contribution < -0.4 is 5.32 Å². The molecule has 0 aliphatic carbocycles. The number of carbonyl (C=O) groups excluding carboxylic acids is 1. The standard InChI is InChI=1S/C31H28FN7O3S/c1-3-5-27(40)34-22-15-20(16-33-17-22)24-8-9-26-29(35-24)30(39-38-26)31-36-25-7-4-6-23(28(25)37-31)19-12-18(13-21(32)14-19)10-11-43(2,41)42/h4,6-9,12-17H,3,5,10-11H2,1-2H3,(H,34,40)(H,36,37)(H,38,39). The summed E-state index contributed by atoms with van der Waals surface area (Å²) >= 11 is 0. The zero-order valence-corrected chi connectivity index (χ0v) is 24.3. The second kappa shape index (κ2) is 11.4. The van der Waals surface area contributed by atoms with Gasteiger partial charge in [0.1, 0.15) is 21.2 Å². The molecule has 6 aromatic rings. The fraction of sp³-hybridized carbons (Fsp3) is 0.194. The van der Waals surface area contributed by atoms with Crippen LogP contribution in [0.5, 0.6) is 0 Å². The highest BCUT2D eigenvalue weighted by Crippen LogP contribution is 2.33. The fourth-order valence-corrected chi connectivity index (χ4v) is 5.56. The van der Waals surface area contributed by atoms with Crippen molar-refractivity contribution in [1.82, 2.24) is 30.1 Å². The second-order valence-electron chi connectivity index (χ2n) is 10.4. The lowest BCUT2D eigenvalue weighted by atomic mass is 10.0. The van der Waals surface area contributed by atoms with E-state index in [2.05, 4.69) is 25.5 Å². The van der Waals surface area contributed by atoms with Crippen LogP contribution in [-0.4, -0.2) is 56.5 Å². The number of aromatic nitrogens is 6. The first kappa shape index (κ1) is 28.2. The van der Waals surface area contributed by atoms with Crippen molar-refractivity contribution in [3.8, 4) is 33.9 Å². The van der Waals surface area contributed by atoms with E-state index in [1.807, 2.05) is 43.3 Å². The van der Waals surface area contributed by atoms with Crippen LogP contribution in [0, 0.1) is 5.82 Å². The molecule has 4 aromatic heterocycles. The first-order chi connectivity index (χ1) is 20.7. The minimum atomic E-state index is -3.19. The highest BCUT2D eigenvalue weighted by atomic mass is 32.2. The van der Waals surface area contributed by atoms with Gasteiger partial charge in [0.2, 0.25) is 5.91 Å². The van der Waals surface area contributed by atoms with Crippen molar-refractivity contribution in [2.24, 2.45) is 0 Å². The van der Waals surface area contributed by atoms with Crippen LogP contribution in [-0.2, 0) is 21.1 Å². The summed E-state index contributed by atoms with van der Waals surface area (Å²) in [6.07, 6.45) is 5.83. The van der Waals surface area contributed by atoms with Gasteiger partial charge in [-0.15, -0.1) is 0 Å². The highest BCUT2D eigenvalue weighted by molar-refractivity contribution is 7.90. The van der Waals surface area contributed by atoms with Gasteiger partial charge in [0.15, 0.2) is 11.5 Å². The van der Waals surface area contributed by atoms with Gasteiger partial charge in [0, 0.05) is 30.0 Å². The predicted molar refractivity (Wildman–Crippen MR) is 165 cm³/mol. The number of nitrogens with zero attached hydrogens (tertiary/aromatic N) is 4. The van der Waals surface area contributed by atoms with E-state index in [9.17, 15) is 17.6 Å². The average Bonchev–Trinajstić information content (AvgIpc) is 3.59. The SMILES string of the molecule is CCCC(=O)Nc1cncc(-c2ccc3[nH]nc(-c4nc5c(-c6cc(F)cc(CCS(C)(=O)=O)c6)cccc5[nH]4)c3n2)c1. The van der Waals surface area contributed by atoms with E-state index in [1.165, 1.54) is 12.1 Å². The number of para-hydroxylation sites is 1. The topological polar surface area (TPSA) is 146 Å². The number of nitrogens with one attached hydrogen (secondary N) is 3. The Bertz CT molecular complexity index is 2100. The van der Waals surface area contributed by atoms with Crippen LogP contribution in [0.3, 0.4) is 0 Å². The summed E-state index contributed by atoms with van der Waals surface area (Å²) < 4.78 is 37.9. The lowest BCUT2D eigenvalue weighted by Gasteiger charge is -2.07. The van der Waals surface area contributed by atoms with Crippen LogP contribution in [0.25, 0.3) is 56.0 Å². The number of aryl methyl sites for hydroxylation is 1. The van der Waals surface area contributed by atoms with Crippen LogP contribution in [0.4, 0.5) is 10.1 Å². The average molecular weight is 598 g/mol. The normalized spacial score (nSPS) is 11.8. The predicted octanol–water partition coefficient (Wildman–Crippen LogP) is 5.70. The van der Waals surface area contributed by atoms with Gasteiger partial charge in [-0.3, -0.25) is 14.9 Å². The minimum absolute atomic E-state index is 0.0677. The molecule has 1 amide bonds. The molecule has 3 N–H and O–H groups in total. The third-order valence-electron chi connectivity index (χ3n) is 6.97. The van der Waals surface area contributed by atoms with Crippen LogP contribution in [0.1, 0.15) is 25.3 Å². The Morgan fingerprint density at radius 3 is 2.65 bits per heavy atom. The molecule has 12 heteroatoms. The van der Waals surface area contributed by atoms with Gasteiger partial charge < -0.3 is 10.3 Å². The summed E-state index contributed by atoms with van der Waals surface area (Å²) in [5.41, 5.74) is 6.99. The molecule has 10 nitrogen and oxygen atoms in total. The molecule has 0 fully saturated rings. The molecule has 0 unspecified atom stereocenters. The third kappa shape index (κ3) is 6.14. The maximum Gasteiger partial charge on any atom is 0.224 e. The Labute approximate surface area is 246 Å². The molecule has 4 heterocycles. The molecule has 218 valence electrons. The number of imidazole rings is 1. The number of amides is 1.